The van der Waals surface area contributed by atoms with Crippen LogP contribution in [0.4, 0.5) is 10.5 Å². The molecule has 2 N–H and O–H groups in total. The number of rotatable bonds is 11. The van der Waals surface area contributed by atoms with Gasteiger partial charge in [0.25, 0.3) is 0 Å². The molecule has 2 amide bonds. The highest BCUT2D eigenvalue weighted by Gasteiger charge is 2.28. The van der Waals surface area contributed by atoms with Crippen LogP contribution in [0.15, 0.2) is 60.7 Å². The van der Waals surface area contributed by atoms with Gasteiger partial charge in [0.05, 0.1) is 12.0 Å². The van der Waals surface area contributed by atoms with Gasteiger partial charge in [0.1, 0.15) is 12.4 Å². The molecule has 0 aliphatic carbocycles. The molecular weight excluding hydrogens is 532 g/mol. The van der Waals surface area contributed by atoms with Gasteiger partial charge in [0.2, 0.25) is 5.91 Å². The molecule has 0 saturated carbocycles. The molecule has 222 valence electrons. The fourth-order valence-corrected chi connectivity index (χ4v) is 4.97. The van der Waals surface area contributed by atoms with Gasteiger partial charge < -0.3 is 24.8 Å². The molecule has 1 heterocycles. The molecule has 8 nitrogen and oxygen atoms in total. The monoisotopic (exact) mass is 572 g/mol. The lowest BCUT2D eigenvalue weighted by Crippen LogP contribution is -2.39. The zero-order valence-electron chi connectivity index (χ0n) is 24.9. The van der Waals surface area contributed by atoms with E-state index in [0.717, 1.165) is 52.1 Å². The largest absolute Gasteiger partial charge is 0.493 e. The van der Waals surface area contributed by atoms with Crippen LogP contribution in [-0.4, -0.2) is 42.8 Å². The number of ether oxygens (including phenoxy) is 2. The third kappa shape index (κ3) is 7.49. The second-order valence-corrected chi connectivity index (χ2v) is 11.4. The molecule has 0 aromatic heterocycles. The Balaban J connectivity index is 1.38. The molecule has 42 heavy (non-hydrogen) atoms. The average molecular weight is 573 g/mol. The summed E-state index contributed by atoms with van der Waals surface area (Å²) >= 11 is 0. The second-order valence-electron chi connectivity index (χ2n) is 11.4. The summed E-state index contributed by atoms with van der Waals surface area (Å²) in [5.74, 6) is -0.0353. The highest BCUT2D eigenvalue weighted by Crippen LogP contribution is 2.36. The fraction of sp³-hybridized carbons (Fsp3) is 0.382. The summed E-state index contributed by atoms with van der Waals surface area (Å²) < 4.78 is 11.3. The number of carbonyl (C=O) groups is 3. The van der Waals surface area contributed by atoms with Crippen molar-refractivity contribution in [2.24, 2.45) is 5.41 Å². The molecule has 0 atom stereocenters. The van der Waals surface area contributed by atoms with Gasteiger partial charge >= 0.3 is 12.1 Å². The number of nitrogens with zero attached hydrogens (tertiary/aromatic N) is 1. The second kappa shape index (κ2) is 13.6. The third-order valence-electron chi connectivity index (χ3n) is 7.76. The lowest BCUT2D eigenvalue weighted by molar-refractivity contribution is -0.146. The van der Waals surface area contributed by atoms with Crippen molar-refractivity contribution in [3.63, 3.8) is 0 Å². The van der Waals surface area contributed by atoms with E-state index in [9.17, 15) is 19.5 Å². The van der Waals surface area contributed by atoms with Crippen molar-refractivity contribution < 1.29 is 29.0 Å². The lowest BCUT2D eigenvalue weighted by atomic mass is 9.91. The van der Waals surface area contributed by atoms with Crippen molar-refractivity contribution >= 4 is 23.7 Å². The van der Waals surface area contributed by atoms with Crippen molar-refractivity contribution in [3.8, 4) is 16.9 Å². The normalized spacial score (nSPS) is 12.8. The Hall–Kier alpha value is -4.33. The van der Waals surface area contributed by atoms with E-state index in [0.29, 0.717) is 26.0 Å². The van der Waals surface area contributed by atoms with Crippen LogP contribution < -0.4 is 15.0 Å². The molecule has 3 aromatic carbocycles. The maximum atomic E-state index is 13.3. The SMILES string of the molecule is Cc1cccc(OCCCC(=O)N2CCCc3c(-c4cccc(COC(=O)NCC(C)(C)C(=O)O)c4)cccc32)c1C. The lowest BCUT2D eigenvalue weighted by Gasteiger charge is -2.31. The number of hydrogen-bond donors (Lipinski definition) is 2. The number of aliphatic carboxylic acids is 1. The zero-order chi connectivity index (χ0) is 30.3. The van der Waals surface area contributed by atoms with Crippen LogP contribution in [0, 0.1) is 19.3 Å². The van der Waals surface area contributed by atoms with Crippen molar-refractivity contribution in [3.05, 3.63) is 82.9 Å². The van der Waals surface area contributed by atoms with Gasteiger partial charge in [-0.3, -0.25) is 9.59 Å². The number of nitrogens with one attached hydrogen (secondary N) is 1. The van der Waals surface area contributed by atoms with Crippen LogP contribution in [0.1, 0.15) is 55.4 Å². The van der Waals surface area contributed by atoms with Gasteiger partial charge in [0.15, 0.2) is 0 Å². The van der Waals surface area contributed by atoms with Crippen LogP contribution in [0.3, 0.4) is 0 Å². The summed E-state index contributed by atoms with van der Waals surface area (Å²) in [4.78, 5) is 38.6. The van der Waals surface area contributed by atoms with E-state index in [1.54, 1.807) is 0 Å². The molecule has 1 aliphatic heterocycles. The van der Waals surface area contributed by atoms with Crippen LogP contribution in [0.2, 0.25) is 0 Å². The van der Waals surface area contributed by atoms with Gasteiger partial charge in [0, 0.05) is 25.2 Å². The van der Waals surface area contributed by atoms with Crippen molar-refractivity contribution in [1.82, 2.24) is 5.32 Å². The first kappa shape index (κ1) is 30.6. The minimum atomic E-state index is -1.09. The van der Waals surface area contributed by atoms with Gasteiger partial charge in [-0.2, -0.15) is 0 Å². The molecule has 8 heteroatoms. The van der Waals surface area contributed by atoms with E-state index in [2.05, 4.69) is 24.4 Å². The van der Waals surface area contributed by atoms with Crippen LogP contribution in [0.25, 0.3) is 11.1 Å². The average Bonchev–Trinajstić information content (AvgIpc) is 2.98. The Bertz CT molecular complexity index is 1450. The van der Waals surface area contributed by atoms with Crippen molar-refractivity contribution in [2.75, 3.05) is 24.6 Å². The van der Waals surface area contributed by atoms with Crippen molar-refractivity contribution in [1.29, 1.82) is 0 Å². The quantitative estimate of drug-likeness (QED) is 0.256. The van der Waals surface area contributed by atoms with E-state index >= 15 is 0 Å². The Morgan fingerprint density at radius 2 is 1.79 bits per heavy atom. The molecule has 4 rings (SSSR count). The number of carboxylic acids is 1. The Labute approximate surface area is 247 Å². The smallest absolute Gasteiger partial charge is 0.407 e. The molecule has 0 radical (unpaired) electrons. The number of aryl methyl sites for hydroxylation is 1. The Morgan fingerprint density at radius 3 is 2.57 bits per heavy atom. The van der Waals surface area contributed by atoms with E-state index in [1.807, 2.05) is 60.4 Å². The third-order valence-corrected chi connectivity index (χ3v) is 7.76. The van der Waals surface area contributed by atoms with Gasteiger partial charge in [-0.15, -0.1) is 0 Å². The van der Waals surface area contributed by atoms with Crippen LogP contribution in [0.5, 0.6) is 5.75 Å². The first-order chi connectivity index (χ1) is 20.1. The first-order valence-electron chi connectivity index (χ1n) is 14.4. The first-order valence-corrected chi connectivity index (χ1v) is 14.4. The van der Waals surface area contributed by atoms with E-state index in [4.69, 9.17) is 9.47 Å². The maximum Gasteiger partial charge on any atom is 0.407 e. The number of alkyl carbamates (subject to hydrolysis) is 1. The molecule has 0 saturated heterocycles. The number of anilines is 1. The van der Waals surface area contributed by atoms with E-state index in [1.165, 1.54) is 19.4 Å². The number of benzene rings is 3. The van der Waals surface area contributed by atoms with Crippen LogP contribution in [-0.2, 0) is 27.4 Å². The maximum absolute atomic E-state index is 13.3. The predicted molar refractivity (Wildman–Crippen MR) is 163 cm³/mol. The summed E-state index contributed by atoms with van der Waals surface area (Å²) in [7, 11) is 0. The van der Waals surface area contributed by atoms with Crippen LogP contribution >= 0.6 is 0 Å². The highest BCUT2D eigenvalue weighted by molar-refractivity contribution is 5.96. The summed E-state index contributed by atoms with van der Waals surface area (Å²) in [5, 5.41) is 11.7. The molecule has 0 spiro atoms. The summed E-state index contributed by atoms with van der Waals surface area (Å²) in [6.07, 6.45) is 2.13. The van der Waals surface area contributed by atoms with Gasteiger partial charge in [-0.25, -0.2) is 4.79 Å². The standard InChI is InChI=1S/C34H40N2O6/c1-23-10-5-16-30(24(23)2)41-19-9-17-31(37)36-18-8-14-28-27(13-7-15-29(28)36)26-12-6-11-25(20-26)21-42-33(40)35-22-34(3,4)32(38)39/h5-7,10-13,15-16,20H,8-9,14,17-19,21-22H2,1-4H3,(H,35,40)(H,38,39). The summed E-state index contributed by atoms with van der Waals surface area (Å²) in [5.41, 5.74) is 6.15. The molecule has 0 bridgehead atoms. The number of carboxylic acid groups (broad SMARTS) is 1. The minimum Gasteiger partial charge on any atom is -0.493 e. The topological polar surface area (TPSA) is 105 Å². The van der Waals surface area contributed by atoms with Gasteiger partial charge in [-0.05, 0) is 98.5 Å². The molecule has 0 unspecified atom stereocenters. The molecule has 3 aromatic rings. The summed E-state index contributed by atoms with van der Waals surface area (Å²) in [6.45, 7) is 8.37. The fourth-order valence-electron chi connectivity index (χ4n) is 4.97. The summed E-state index contributed by atoms with van der Waals surface area (Å²) in [6, 6.07) is 19.8. The highest BCUT2D eigenvalue weighted by atomic mass is 16.5. The zero-order valence-corrected chi connectivity index (χ0v) is 24.9. The number of hydrogen-bond acceptors (Lipinski definition) is 5. The van der Waals surface area contributed by atoms with E-state index in [-0.39, 0.29) is 19.1 Å². The Morgan fingerprint density at radius 1 is 1.02 bits per heavy atom. The molecular formula is C34H40N2O6. The number of fused-ring (bicyclic) bond motifs is 1. The van der Waals surface area contributed by atoms with Gasteiger partial charge in [-0.1, -0.05) is 42.5 Å². The number of amides is 2. The van der Waals surface area contributed by atoms with E-state index < -0.39 is 17.5 Å². The molecule has 0 fully saturated rings. The number of carbonyl (C=O) groups excluding carboxylic acids is 2. The molecule has 1 aliphatic rings. The van der Waals surface area contributed by atoms with Crippen molar-refractivity contribution in [2.45, 2.75) is 60.0 Å². The Kier molecular flexibility index (Phi) is 9.88. The predicted octanol–water partition coefficient (Wildman–Crippen LogP) is 6.45. The minimum absolute atomic E-state index is 0.0357.